The van der Waals surface area contributed by atoms with Gasteiger partial charge in [-0.15, -0.1) is 4.73 Å². The third-order valence-corrected chi connectivity index (χ3v) is 7.76. The van der Waals surface area contributed by atoms with Crippen molar-refractivity contribution in [2.24, 2.45) is 7.05 Å². The third-order valence-electron chi connectivity index (χ3n) is 5.90. The molecule has 16 heteroatoms. The summed E-state index contributed by atoms with van der Waals surface area (Å²) in [6, 6.07) is 2.90. The molecule has 1 N–H and O–H groups in total. The van der Waals surface area contributed by atoms with Crippen molar-refractivity contribution in [1.82, 2.24) is 23.8 Å². The zero-order valence-electron chi connectivity index (χ0n) is 19.8. The molecule has 1 unspecified atom stereocenters. The van der Waals surface area contributed by atoms with Gasteiger partial charge in [0, 0.05) is 24.9 Å². The van der Waals surface area contributed by atoms with Crippen molar-refractivity contribution in [2.45, 2.75) is 37.6 Å². The number of rotatable bonds is 5. The number of fused-ring (bicyclic) bond motifs is 2. The van der Waals surface area contributed by atoms with Crippen LogP contribution in [0.2, 0.25) is 0 Å². The number of nitrogens with one attached hydrogen (secondary N) is 1. The van der Waals surface area contributed by atoms with Crippen LogP contribution in [0.1, 0.15) is 25.4 Å². The maximum Gasteiger partial charge on any atom is 0.449 e. The van der Waals surface area contributed by atoms with Gasteiger partial charge in [0.2, 0.25) is 5.82 Å². The molecule has 4 aromatic rings. The first-order chi connectivity index (χ1) is 17.1. The largest absolute Gasteiger partial charge is 0.449 e. The molecule has 0 aliphatic heterocycles. The van der Waals surface area contributed by atoms with Gasteiger partial charge in [-0.05, 0) is 25.1 Å². The first-order valence-corrected chi connectivity index (χ1v) is 12.4. The van der Waals surface area contributed by atoms with Crippen LogP contribution in [0, 0.1) is 4.78 Å². The Labute approximate surface area is 205 Å². The Bertz CT molecular complexity index is 1710. The van der Waals surface area contributed by atoms with Crippen molar-refractivity contribution in [1.29, 1.82) is 4.78 Å². The summed E-state index contributed by atoms with van der Waals surface area (Å²) in [6.07, 6.45) is -9.77. The maximum atomic E-state index is 13.6. The van der Waals surface area contributed by atoms with Gasteiger partial charge in [0.1, 0.15) is 18.5 Å². The van der Waals surface area contributed by atoms with Gasteiger partial charge >= 0.3 is 17.9 Å². The van der Waals surface area contributed by atoms with E-state index in [1.165, 1.54) is 20.9 Å². The lowest BCUT2D eigenvalue weighted by Gasteiger charge is -2.14. The van der Waals surface area contributed by atoms with Gasteiger partial charge in [-0.25, -0.2) is 19.0 Å². The second kappa shape index (κ2) is 8.49. The second-order valence-electron chi connectivity index (χ2n) is 8.02. The van der Waals surface area contributed by atoms with E-state index >= 15 is 0 Å². The molecule has 0 spiro atoms. The van der Waals surface area contributed by atoms with Gasteiger partial charge in [-0.3, -0.25) is 4.79 Å². The molecule has 9 nitrogen and oxygen atoms in total. The number of alkyl halides is 6. The molecule has 0 amide bonds. The van der Waals surface area contributed by atoms with Gasteiger partial charge in [0.25, 0.3) is 0 Å². The molecule has 3 aromatic heterocycles. The number of nitrogens with zero attached hydrogens (tertiary/aromatic N) is 5. The lowest BCUT2D eigenvalue weighted by molar-refractivity contribution is -0.151. The van der Waals surface area contributed by atoms with Crippen molar-refractivity contribution >= 4 is 31.8 Å². The molecule has 0 aliphatic carbocycles. The lowest BCUT2D eigenvalue weighted by Crippen LogP contribution is -2.32. The number of hydrogen-bond acceptors (Lipinski definition) is 6. The highest BCUT2D eigenvalue weighted by molar-refractivity contribution is 7.92. The molecule has 0 bridgehead atoms. The van der Waals surface area contributed by atoms with E-state index in [-0.39, 0.29) is 55.4 Å². The predicted molar refractivity (Wildman–Crippen MR) is 122 cm³/mol. The minimum Gasteiger partial charge on any atom is -0.413 e. The van der Waals surface area contributed by atoms with Crippen LogP contribution in [0.4, 0.5) is 26.3 Å². The van der Waals surface area contributed by atoms with Gasteiger partial charge < -0.3 is 14.0 Å². The quantitative estimate of drug-likeness (QED) is 0.373. The Morgan fingerprint density at radius 1 is 1.03 bits per heavy atom. The third kappa shape index (κ3) is 4.12. The summed E-state index contributed by atoms with van der Waals surface area (Å²) in [5.74, 6) is -1.60. The first-order valence-electron chi connectivity index (χ1n) is 10.7. The minimum absolute atomic E-state index is 0.0261. The van der Waals surface area contributed by atoms with Crippen molar-refractivity contribution < 1.29 is 35.4 Å². The van der Waals surface area contributed by atoms with Crippen LogP contribution >= 0.6 is 0 Å². The molecule has 37 heavy (non-hydrogen) atoms. The van der Waals surface area contributed by atoms with Gasteiger partial charge in [-0.1, -0.05) is 6.92 Å². The minimum atomic E-state index is -4.97. The fourth-order valence-corrected chi connectivity index (χ4v) is 5.30. The Balaban J connectivity index is 2.15. The van der Waals surface area contributed by atoms with E-state index in [1.54, 1.807) is 0 Å². The van der Waals surface area contributed by atoms with E-state index in [1.807, 2.05) is 0 Å². The number of halogens is 6. The van der Waals surface area contributed by atoms with Crippen molar-refractivity contribution in [2.75, 3.05) is 12.9 Å². The van der Waals surface area contributed by atoms with E-state index in [0.29, 0.717) is 6.07 Å². The molecule has 1 aromatic carbocycles. The van der Waals surface area contributed by atoms with Gasteiger partial charge in [0.15, 0.2) is 5.69 Å². The molecule has 200 valence electrons. The summed E-state index contributed by atoms with van der Waals surface area (Å²) in [4.78, 5) is 25.1. The van der Waals surface area contributed by atoms with Crippen LogP contribution in [-0.2, 0) is 35.7 Å². The Kier molecular flexibility index (Phi) is 6.08. The number of hydrogen-bond donors (Lipinski definition) is 1. The van der Waals surface area contributed by atoms with E-state index < -0.39 is 39.2 Å². The van der Waals surface area contributed by atoms with Crippen LogP contribution in [0.5, 0.6) is 0 Å². The topological polar surface area (TPSA) is 108 Å². The number of aromatic nitrogens is 5. The summed E-state index contributed by atoms with van der Waals surface area (Å²) in [5, 5.41) is 0. The predicted octanol–water partition coefficient (Wildman–Crippen LogP) is 4.29. The monoisotopic (exact) mass is 550 g/mol. The van der Waals surface area contributed by atoms with Gasteiger partial charge in [0.05, 0.1) is 31.2 Å². The standard InChI is InChI=1S/C21H20F6N6O3S/c1-5-32-13-9-14(37(28,35)6-2)10(7-11(13)30-19(32)21(25,26)27)17-29-12-8-15(20(22,23)24)33(36-4)18(34)16(12)31(17)3/h7-9,28H,5-6H2,1-4H3. The summed E-state index contributed by atoms with van der Waals surface area (Å²) in [6.45, 7) is 2.79. The molecule has 0 aliphatic rings. The molecule has 0 fully saturated rings. The highest BCUT2D eigenvalue weighted by Gasteiger charge is 2.39. The summed E-state index contributed by atoms with van der Waals surface area (Å²) in [5.41, 5.74) is -3.58. The van der Waals surface area contributed by atoms with Crippen molar-refractivity contribution in [3.05, 3.63) is 40.1 Å². The molecule has 1 atom stereocenters. The zero-order chi connectivity index (χ0) is 27.7. The molecule has 4 rings (SSSR count). The fourth-order valence-electron chi connectivity index (χ4n) is 4.18. The smallest absolute Gasteiger partial charge is 0.413 e. The van der Waals surface area contributed by atoms with E-state index in [9.17, 15) is 35.3 Å². The Morgan fingerprint density at radius 3 is 2.19 bits per heavy atom. The van der Waals surface area contributed by atoms with Crippen LogP contribution in [0.3, 0.4) is 0 Å². The first kappa shape index (κ1) is 26.5. The van der Waals surface area contributed by atoms with Crippen LogP contribution in [0.15, 0.2) is 27.9 Å². The molecule has 3 heterocycles. The number of pyridine rings is 1. The van der Waals surface area contributed by atoms with E-state index in [2.05, 4.69) is 14.8 Å². The summed E-state index contributed by atoms with van der Waals surface area (Å²) in [7, 11) is -1.41. The molecule has 0 saturated heterocycles. The van der Waals surface area contributed by atoms with Crippen molar-refractivity contribution in [3.8, 4) is 11.4 Å². The Hall–Kier alpha value is -3.56. The molecule has 0 radical (unpaired) electrons. The van der Waals surface area contributed by atoms with Crippen LogP contribution in [-0.4, -0.2) is 40.9 Å². The van der Waals surface area contributed by atoms with Crippen LogP contribution in [0.25, 0.3) is 33.5 Å². The number of imidazole rings is 2. The number of aryl methyl sites for hydroxylation is 2. The highest BCUT2D eigenvalue weighted by Crippen LogP contribution is 2.37. The Morgan fingerprint density at radius 2 is 1.68 bits per heavy atom. The normalized spacial score (nSPS) is 14.4. The summed E-state index contributed by atoms with van der Waals surface area (Å²) < 4.78 is 105. The SMILES string of the molecule is CCn1c(C(F)(F)F)nc2cc(-c3nc4cc(C(F)(F)F)n(OC)c(=O)c4n3C)c(S(=N)(=O)CC)cc21. The van der Waals surface area contributed by atoms with E-state index in [0.717, 1.165) is 28.4 Å². The maximum absolute atomic E-state index is 13.6. The zero-order valence-corrected chi connectivity index (χ0v) is 20.6. The van der Waals surface area contributed by atoms with Gasteiger partial charge in [-0.2, -0.15) is 26.3 Å². The molecular weight excluding hydrogens is 530 g/mol. The van der Waals surface area contributed by atoms with E-state index in [4.69, 9.17) is 4.78 Å². The molecule has 0 saturated carbocycles. The van der Waals surface area contributed by atoms with Crippen molar-refractivity contribution in [3.63, 3.8) is 0 Å². The van der Waals surface area contributed by atoms with Crippen LogP contribution < -0.4 is 10.4 Å². The summed E-state index contributed by atoms with van der Waals surface area (Å²) >= 11 is 0. The highest BCUT2D eigenvalue weighted by atomic mass is 32.2. The lowest BCUT2D eigenvalue weighted by atomic mass is 10.2. The average Bonchev–Trinajstić information content (AvgIpc) is 3.34. The number of benzene rings is 1. The second-order valence-corrected chi connectivity index (χ2v) is 10.4. The fraction of sp³-hybridized carbons (Fsp3) is 0.381. The average molecular weight is 550 g/mol. The molecular formula is C21H20F6N6O3S.